The highest BCUT2D eigenvalue weighted by Crippen LogP contribution is 2.32. The average Bonchev–Trinajstić information content (AvgIpc) is 3.22. The number of carbonyl (C=O) groups is 1. The summed E-state index contributed by atoms with van der Waals surface area (Å²) in [4.78, 5) is 22.7. The predicted molar refractivity (Wildman–Crippen MR) is 101 cm³/mol. The smallest absolute Gasteiger partial charge is 0.323 e. The third kappa shape index (κ3) is 4.98. The first-order valence-electron chi connectivity index (χ1n) is 8.51. The van der Waals surface area contributed by atoms with Gasteiger partial charge in [0.2, 0.25) is 5.89 Å². The van der Waals surface area contributed by atoms with Gasteiger partial charge in [-0.3, -0.25) is 5.32 Å². The van der Waals surface area contributed by atoms with Crippen LogP contribution in [0, 0.1) is 0 Å². The molecule has 2 aromatic rings. The molecule has 0 saturated carbocycles. The fourth-order valence-corrected chi connectivity index (χ4v) is 4.22. The molecular formula is C17H24N4O2S2. The van der Waals surface area contributed by atoms with E-state index in [9.17, 15) is 4.79 Å². The summed E-state index contributed by atoms with van der Waals surface area (Å²) in [5.41, 5.74) is -0.0354. The Morgan fingerprint density at radius 3 is 2.72 bits per heavy atom. The molecule has 1 saturated heterocycles. The first-order valence-corrected chi connectivity index (χ1v) is 10.3. The molecule has 6 nitrogen and oxygen atoms in total. The molecule has 1 aliphatic rings. The van der Waals surface area contributed by atoms with Crippen LogP contribution in [0.2, 0.25) is 0 Å². The highest BCUT2D eigenvalue weighted by atomic mass is 32.2. The van der Waals surface area contributed by atoms with Gasteiger partial charge in [-0.15, -0.1) is 11.8 Å². The van der Waals surface area contributed by atoms with E-state index in [1.807, 2.05) is 4.90 Å². The summed E-state index contributed by atoms with van der Waals surface area (Å²) < 4.78 is 6.83. The Hall–Kier alpha value is -1.54. The number of hydrogen-bond acceptors (Lipinski definition) is 6. The number of piperidine rings is 1. The van der Waals surface area contributed by atoms with E-state index in [4.69, 9.17) is 4.42 Å². The summed E-state index contributed by atoms with van der Waals surface area (Å²) in [5, 5.41) is 3.54. The molecule has 0 aliphatic carbocycles. The number of nitrogens with one attached hydrogen (secondary N) is 1. The van der Waals surface area contributed by atoms with Gasteiger partial charge >= 0.3 is 6.03 Å². The zero-order valence-corrected chi connectivity index (χ0v) is 16.5. The Balaban J connectivity index is 1.51. The summed E-state index contributed by atoms with van der Waals surface area (Å²) in [7, 11) is 0. The van der Waals surface area contributed by atoms with Gasteiger partial charge in [-0.05, 0) is 19.3 Å². The second-order valence-electron chi connectivity index (χ2n) is 7.12. The van der Waals surface area contributed by atoms with Crippen LogP contribution in [-0.2, 0) is 11.2 Å². The number of amides is 2. The van der Waals surface area contributed by atoms with Gasteiger partial charge in [0.15, 0.2) is 5.13 Å². The number of rotatable bonds is 4. The number of oxazole rings is 1. The molecule has 0 bridgehead atoms. The molecule has 2 aromatic heterocycles. The molecule has 3 rings (SSSR count). The maximum Gasteiger partial charge on any atom is 0.323 e. The number of thiazole rings is 1. The molecule has 0 unspecified atom stereocenters. The van der Waals surface area contributed by atoms with E-state index in [1.165, 1.54) is 17.8 Å². The Kier molecular flexibility index (Phi) is 5.68. The fraction of sp³-hybridized carbons (Fsp3) is 0.588. The number of likely N-dealkylation sites (tertiary alicyclic amines) is 1. The SMILES string of the molecule is CC(C)(C)c1cnc(CSc2cnc(NC(=O)N3CCCCC3)s2)o1. The molecule has 3 heterocycles. The molecule has 0 radical (unpaired) electrons. The normalized spacial score (nSPS) is 15.4. The van der Waals surface area contributed by atoms with Crippen LogP contribution in [0.4, 0.5) is 9.93 Å². The van der Waals surface area contributed by atoms with Crippen LogP contribution in [-0.4, -0.2) is 34.0 Å². The molecule has 1 fully saturated rings. The van der Waals surface area contributed by atoms with Gasteiger partial charge in [0, 0.05) is 18.5 Å². The minimum absolute atomic E-state index is 0.0354. The summed E-state index contributed by atoms with van der Waals surface area (Å²) in [5.74, 6) is 2.25. The first-order chi connectivity index (χ1) is 11.9. The van der Waals surface area contributed by atoms with Gasteiger partial charge < -0.3 is 9.32 Å². The minimum atomic E-state index is -0.0480. The maximum atomic E-state index is 12.2. The van der Waals surface area contributed by atoms with Crippen LogP contribution >= 0.6 is 23.1 Å². The van der Waals surface area contributed by atoms with E-state index in [2.05, 4.69) is 36.1 Å². The van der Waals surface area contributed by atoms with Crippen molar-refractivity contribution >= 4 is 34.3 Å². The van der Waals surface area contributed by atoms with Crippen LogP contribution in [0.5, 0.6) is 0 Å². The Morgan fingerprint density at radius 2 is 2.04 bits per heavy atom. The number of thioether (sulfide) groups is 1. The van der Waals surface area contributed by atoms with E-state index in [1.54, 1.807) is 24.2 Å². The largest absolute Gasteiger partial charge is 0.444 e. The Bertz CT molecular complexity index is 714. The lowest BCUT2D eigenvalue weighted by atomic mass is 9.94. The molecule has 2 amide bonds. The van der Waals surface area contributed by atoms with Crippen LogP contribution in [0.25, 0.3) is 0 Å². The van der Waals surface area contributed by atoms with Crippen molar-refractivity contribution in [3.63, 3.8) is 0 Å². The lowest BCUT2D eigenvalue weighted by Gasteiger charge is -2.26. The first kappa shape index (κ1) is 18.3. The van der Waals surface area contributed by atoms with Crippen molar-refractivity contribution in [3.05, 3.63) is 24.0 Å². The zero-order valence-electron chi connectivity index (χ0n) is 14.9. The number of nitrogens with zero attached hydrogens (tertiary/aromatic N) is 3. The van der Waals surface area contributed by atoms with Crippen LogP contribution in [0.1, 0.15) is 51.7 Å². The second kappa shape index (κ2) is 7.78. The lowest BCUT2D eigenvalue weighted by Crippen LogP contribution is -2.38. The minimum Gasteiger partial charge on any atom is -0.444 e. The lowest BCUT2D eigenvalue weighted by molar-refractivity contribution is 0.200. The number of anilines is 1. The zero-order chi connectivity index (χ0) is 17.9. The molecule has 1 aliphatic heterocycles. The summed E-state index contributed by atoms with van der Waals surface area (Å²) >= 11 is 3.10. The van der Waals surface area contributed by atoms with Gasteiger partial charge in [-0.2, -0.15) is 0 Å². The van der Waals surface area contributed by atoms with Gasteiger partial charge in [-0.25, -0.2) is 14.8 Å². The molecule has 8 heteroatoms. The highest BCUT2D eigenvalue weighted by Gasteiger charge is 2.20. The van der Waals surface area contributed by atoms with Crippen LogP contribution in [0.3, 0.4) is 0 Å². The third-order valence-electron chi connectivity index (χ3n) is 3.97. The summed E-state index contributed by atoms with van der Waals surface area (Å²) in [6, 6.07) is -0.0480. The van der Waals surface area contributed by atoms with Gasteiger partial charge in [0.1, 0.15) is 5.76 Å². The Labute approximate surface area is 156 Å². The van der Waals surface area contributed by atoms with E-state index in [-0.39, 0.29) is 11.4 Å². The van der Waals surface area contributed by atoms with Crippen molar-refractivity contribution in [2.45, 2.75) is 55.4 Å². The fourth-order valence-electron chi connectivity index (χ4n) is 2.51. The van der Waals surface area contributed by atoms with E-state index in [0.29, 0.717) is 16.8 Å². The van der Waals surface area contributed by atoms with Crippen molar-refractivity contribution in [1.82, 2.24) is 14.9 Å². The molecular weight excluding hydrogens is 356 g/mol. The van der Waals surface area contributed by atoms with Gasteiger partial charge in [0.05, 0.1) is 22.4 Å². The van der Waals surface area contributed by atoms with Crippen molar-refractivity contribution in [1.29, 1.82) is 0 Å². The molecule has 136 valence electrons. The highest BCUT2D eigenvalue weighted by molar-refractivity contribution is 8.00. The predicted octanol–water partition coefficient (Wildman–Crippen LogP) is 4.74. The summed E-state index contributed by atoms with van der Waals surface area (Å²) in [6.45, 7) is 7.97. The number of carbonyl (C=O) groups excluding carboxylic acids is 1. The average molecular weight is 381 g/mol. The van der Waals surface area contributed by atoms with E-state index >= 15 is 0 Å². The van der Waals surface area contributed by atoms with E-state index in [0.717, 1.165) is 35.9 Å². The molecule has 0 spiro atoms. The number of aromatic nitrogens is 2. The van der Waals surface area contributed by atoms with Crippen LogP contribution < -0.4 is 5.32 Å². The Morgan fingerprint density at radius 1 is 1.28 bits per heavy atom. The monoisotopic (exact) mass is 380 g/mol. The van der Waals surface area contributed by atoms with Crippen molar-refractivity contribution < 1.29 is 9.21 Å². The third-order valence-corrected chi connectivity index (χ3v) is 6.06. The van der Waals surface area contributed by atoms with Crippen molar-refractivity contribution in [2.75, 3.05) is 18.4 Å². The van der Waals surface area contributed by atoms with Crippen LogP contribution in [0.15, 0.2) is 21.0 Å². The van der Waals surface area contributed by atoms with Gasteiger partial charge in [0.25, 0.3) is 0 Å². The van der Waals surface area contributed by atoms with Crippen molar-refractivity contribution in [2.24, 2.45) is 0 Å². The maximum absolute atomic E-state index is 12.2. The van der Waals surface area contributed by atoms with Crippen molar-refractivity contribution in [3.8, 4) is 0 Å². The van der Waals surface area contributed by atoms with Gasteiger partial charge in [-0.1, -0.05) is 32.1 Å². The molecule has 1 N–H and O–H groups in total. The topological polar surface area (TPSA) is 71.3 Å². The standard InChI is InChI=1S/C17H24N4O2S2/c1-17(2,3)12-9-18-13(23-12)11-24-14-10-19-15(25-14)20-16(22)21-7-5-4-6-8-21/h9-10H,4-8,11H2,1-3H3,(H,19,20,22). The quantitative estimate of drug-likeness (QED) is 0.776. The number of urea groups is 1. The number of hydrogen-bond donors (Lipinski definition) is 1. The molecule has 0 aromatic carbocycles. The second-order valence-corrected chi connectivity index (χ2v) is 9.43. The van der Waals surface area contributed by atoms with E-state index < -0.39 is 0 Å². The molecule has 25 heavy (non-hydrogen) atoms. The molecule has 0 atom stereocenters. The summed E-state index contributed by atoms with van der Waals surface area (Å²) in [6.07, 6.45) is 6.96.